The Morgan fingerprint density at radius 2 is 2.00 bits per heavy atom. The molecule has 0 heterocycles. The molecule has 0 aliphatic rings. The number of carbonyl (C=O) groups is 1. The summed E-state index contributed by atoms with van der Waals surface area (Å²) in [6, 6.07) is 5.19. The fourth-order valence-corrected chi connectivity index (χ4v) is 1.16. The Morgan fingerprint density at radius 3 is 2.47 bits per heavy atom. The summed E-state index contributed by atoms with van der Waals surface area (Å²) in [5.41, 5.74) is -2.91. The lowest BCUT2D eigenvalue weighted by Gasteiger charge is -2.17. The molecule has 0 amide bonds. The first kappa shape index (κ1) is 11.1. The first-order chi connectivity index (χ1) is 6.87. The molecule has 0 aromatic heterocycles. The van der Waals surface area contributed by atoms with E-state index in [1.165, 1.54) is 18.2 Å². The molecular formula is C9H9NO5. The number of nitrogens with zero attached hydrogens (tertiary/aromatic N) is 1. The van der Waals surface area contributed by atoms with Crippen molar-refractivity contribution in [3.8, 4) is 0 Å². The minimum absolute atomic E-state index is 0.234. The average Bonchev–Trinajstić information content (AvgIpc) is 2.17. The van der Waals surface area contributed by atoms with E-state index in [-0.39, 0.29) is 5.56 Å². The molecule has 1 aromatic rings. The Kier molecular flexibility index (Phi) is 2.71. The molecule has 0 radical (unpaired) electrons. The van der Waals surface area contributed by atoms with Crippen molar-refractivity contribution in [2.45, 2.75) is 12.5 Å². The van der Waals surface area contributed by atoms with Crippen LogP contribution >= 0.6 is 0 Å². The largest absolute Gasteiger partial charge is 0.479 e. The van der Waals surface area contributed by atoms with Crippen LogP contribution in [-0.4, -0.2) is 21.1 Å². The number of carboxylic acid groups (broad SMARTS) is 1. The number of aliphatic hydroxyl groups is 1. The van der Waals surface area contributed by atoms with Gasteiger partial charge in [0.2, 0.25) is 0 Å². The number of nitro groups is 1. The Hall–Kier alpha value is -1.95. The van der Waals surface area contributed by atoms with Crippen molar-refractivity contribution in [2.24, 2.45) is 0 Å². The summed E-state index contributed by atoms with van der Waals surface area (Å²) in [6.45, 7) is 0.998. The Labute approximate surface area is 84.9 Å². The molecule has 0 fully saturated rings. The summed E-state index contributed by atoms with van der Waals surface area (Å²) in [5.74, 6) is -1.53. The van der Waals surface area contributed by atoms with Crippen molar-refractivity contribution in [3.05, 3.63) is 39.9 Å². The molecule has 0 aliphatic heterocycles. The van der Waals surface area contributed by atoms with Gasteiger partial charge in [0, 0.05) is 6.07 Å². The van der Waals surface area contributed by atoms with Crippen molar-refractivity contribution < 1.29 is 19.9 Å². The quantitative estimate of drug-likeness (QED) is 0.571. The van der Waals surface area contributed by atoms with E-state index in [0.717, 1.165) is 13.0 Å². The lowest BCUT2D eigenvalue weighted by Crippen LogP contribution is -2.32. The molecule has 1 atom stereocenters. The standard InChI is InChI=1S/C9H9NO5/c1-9(13,8(11)12)6-4-2-3-5-7(6)10(14)15/h2-5,13H,1H3,(H,11,12). The first-order valence-electron chi connectivity index (χ1n) is 4.07. The van der Waals surface area contributed by atoms with Crippen LogP contribution in [-0.2, 0) is 10.4 Å². The third kappa shape index (κ3) is 1.94. The fourth-order valence-electron chi connectivity index (χ4n) is 1.16. The average molecular weight is 211 g/mol. The highest BCUT2D eigenvalue weighted by atomic mass is 16.6. The van der Waals surface area contributed by atoms with Gasteiger partial charge in [0.15, 0.2) is 5.60 Å². The van der Waals surface area contributed by atoms with E-state index >= 15 is 0 Å². The van der Waals surface area contributed by atoms with Gasteiger partial charge in [-0.3, -0.25) is 10.1 Å². The van der Waals surface area contributed by atoms with E-state index < -0.39 is 22.2 Å². The monoisotopic (exact) mass is 211 g/mol. The number of aliphatic carboxylic acids is 1. The van der Waals surface area contributed by atoms with Crippen molar-refractivity contribution in [1.82, 2.24) is 0 Å². The lowest BCUT2D eigenvalue weighted by molar-refractivity contribution is -0.386. The molecule has 15 heavy (non-hydrogen) atoms. The second kappa shape index (κ2) is 3.66. The van der Waals surface area contributed by atoms with Crippen LogP contribution in [0.2, 0.25) is 0 Å². The van der Waals surface area contributed by atoms with E-state index in [2.05, 4.69) is 0 Å². The zero-order valence-corrected chi connectivity index (χ0v) is 7.88. The van der Waals surface area contributed by atoms with Crippen LogP contribution in [0.5, 0.6) is 0 Å². The van der Waals surface area contributed by atoms with Crippen LogP contribution in [0.15, 0.2) is 24.3 Å². The maximum atomic E-state index is 10.7. The van der Waals surface area contributed by atoms with Crippen molar-refractivity contribution in [2.75, 3.05) is 0 Å². The number of benzene rings is 1. The molecule has 1 rings (SSSR count). The smallest absolute Gasteiger partial charge is 0.340 e. The Balaban J connectivity index is 3.37. The number of rotatable bonds is 3. The van der Waals surface area contributed by atoms with E-state index in [9.17, 15) is 20.0 Å². The predicted octanol–water partition coefficient (Wildman–Crippen LogP) is 0.887. The first-order valence-corrected chi connectivity index (χ1v) is 4.07. The zero-order chi connectivity index (χ0) is 11.6. The summed E-state index contributed by atoms with van der Waals surface area (Å²) in [6.07, 6.45) is 0. The maximum Gasteiger partial charge on any atom is 0.340 e. The van der Waals surface area contributed by atoms with Crippen LogP contribution in [0, 0.1) is 10.1 Å². The van der Waals surface area contributed by atoms with Gasteiger partial charge in [0.25, 0.3) is 5.69 Å². The fraction of sp³-hybridized carbons (Fsp3) is 0.222. The molecule has 0 aliphatic carbocycles. The number of para-hydroxylation sites is 1. The van der Waals surface area contributed by atoms with Gasteiger partial charge in [-0.2, -0.15) is 0 Å². The summed E-state index contributed by atoms with van der Waals surface area (Å²) >= 11 is 0. The van der Waals surface area contributed by atoms with Gasteiger partial charge >= 0.3 is 5.97 Å². The highest BCUT2D eigenvalue weighted by Gasteiger charge is 2.37. The molecular weight excluding hydrogens is 202 g/mol. The minimum Gasteiger partial charge on any atom is -0.479 e. The van der Waals surface area contributed by atoms with Crippen LogP contribution in [0.1, 0.15) is 12.5 Å². The normalized spacial score (nSPS) is 14.3. The van der Waals surface area contributed by atoms with Crippen LogP contribution in [0.4, 0.5) is 5.69 Å². The summed E-state index contributed by atoms with van der Waals surface area (Å²) in [4.78, 5) is 20.6. The molecule has 80 valence electrons. The SMILES string of the molecule is CC(O)(C(=O)O)c1ccccc1[N+](=O)[O-]. The molecule has 0 saturated carbocycles. The Morgan fingerprint density at radius 1 is 1.47 bits per heavy atom. The second-order valence-corrected chi connectivity index (χ2v) is 3.15. The van der Waals surface area contributed by atoms with Crippen LogP contribution in [0.25, 0.3) is 0 Å². The minimum atomic E-state index is -2.26. The van der Waals surface area contributed by atoms with Crippen molar-refractivity contribution >= 4 is 11.7 Å². The number of hydrogen-bond donors (Lipinski definition) is 2. The highest BCUT2D eigenvalue weighted by Crippen LogP contribution is 2.29. The van der Waals surface area contributed by atoms with E-state index in [1.54, 1.807) is 0 Å². The molecule has 6 heteroatoms. The van der Waals surface area contributed by atoms with Crippen molar-refractivity contribution in [1.29, 1.82) is 0 Å². The summed E-state index contributed by atoms with van der Waals surface area (Å²) < 4.78 is 0. The van der Waals surface area contributed by atoms with E-state index in [0.29, 0.717) is 0 Å². The Bertz CT molecular complexity index is 413. The maximum absolute atomic E-state index is 10.7. The lowest BCUT2D eigenvalue weighted by atomic mass is 9.95. The molecule has 0 bridgehead atoms. The van der Waals surface area contributed by atoms with E-state index in [1.807, 2.05) is 0 Å². The molecule has 1 unspecified atom stereocenters. The van der Waals surface area contributed by atoms with Gasteiger partial charge < -0.3 is 10.2 Å². The van der Waals surface area contributed by atoms with Gasteiger partial charge in [0.1, 0.15) is 0 Å². The highest BCUT2D eigenvalue weighted by molar-refractivity contribution is 5.80. The molecule has 6 nitrogen and oxygen atoms in total. The predicted molar refractivity (Wildman–Crippen MR) is 50.3 cm³/mol. The molecule has 0 spiro atoms. The number of nitro benzene ring substituents is 1. The van der Waals surface area contributed by atoms with E-state index in [4.69, 9.17) is 5.11 Å². The number of carboxylic acids is 1. The van der Waals surface area contributed by atoms with Gasteiger partial charge in [-0.1, -0.05) is 12.1 Å². The molecule has 1 aromatic carbocycles. The topological polar surface area (TPSA) is 101 Å². The van der Waals surface area contributed by atoms with Crippen molar-refractivity contribution in [3.63, 3.8) is 0 Å². The summed E-state index contributed by atoms with van der Waals surface area (Å²) in [5, 5.41) is 28.9. The van der Waals surface area contributed by atoms with Gasteiger partial charge in [0.05, 0.1) is 10.5 Å². The van der Waals surface area contributed by atoms with Crippen LogP contribution < -0.4 is 0 Å². The summed E-state index contributed by atoms with van der Waals surface area (Å²) in [7, 11) is 0. The van der Waals surface area contributed by atoms with Gasteiger partial charge in [-0.05, 0) is 13.0 Å². The van der Waals surface area contributed by atoms with Gasteiger partial charge in [-0.15, -0.1) is 0 Å². The molecule has 2 N–H and O–H groups in total. The van der Waals surface area contributed by atoms with Crippen LogP contribution in [0.3, 0.4) is 0 Å². The second-order valence-electron chi connectivity index (χ2n) is 3.15. The molecule has 0 saturated heterocycles. The third-order valence-corrected chi connectivity index (χ3v) is 2.04. The number of hydrogen-bond acceptors (Lipinski definition) is 4. The zero-order valence-electron chi connectivity index (χ0n) is 7.88. The van der Waals surface area contributed by atoms with Gasteiger partial charge in [-0.25, -0.2) is 4.79 Å². The third-order valence-electron chi connectivity index (χ3n) is 2.04.